The van der Waals surface area contributed by atoms with E-state index < -0.39 is 18.4 Å². The van der Waals surface area contributed by atoms with Crippen LogP contribution in [0.3, 0.4) is 0 Å². The van der Waals surface area contributed by atoms with Gasteiger partial charge in [-0.15, -0.1) is 0 Å². The average Bonchev–Trinajstić information content (AvgIpc) is 2.17. The van der Waals surface area contributed by atoms with Crippen LogP contribution in [0.1, 0.15) is 5.56 Å². The van der Waals surface area contributed by atoms with Gasteiger partial charge in [-0.25, -0.2) is 9.18 Å². The molecular formula is C10H11FO4. The summed E-state index contributed by atoms with van der Waals surface area (Å²) in [6.07, 6.45) is 0. The number of ether oxygens (including phenoxy) is 2. The number of carboxylic acids is 1. The van der Waals surface area contributed by atoms with Crippen LogP contribution in [0.25, 0.3) is 0 Å². The molecule has 5 heteroatoms. The maximum atomic E-state index is 13.1. The molecule has 0 fully saturated rings. The number of aliphatic carboxylic acids is 1. The van der Waals surface area contributed by atoms with Crippen molar-refractivity contribution in [3.8, 4) is 5.75 Å². The molecule has 0 saturated carbocycles. The van der Waals surface area contributed by atoms with E-state index in [1.165, 1.54) is 19.2 Å². The smallest absolute Gasteiger partial charge is 0.329 e. The number of halogens is 1. The number of methoxy groups -OCH3 is 1. The molecule has 0 spiro atoms. The fraction of sp³-hybridized carbons (Fsp3) is 0.300. The van der Waals surface area contributed by atoms with Crippen LogP contribution < -0.4 is 4.74 Å². The van der Waals surface area contributed by atoms with Crippen LogP contribution in [0, 0.1) is 5.82 Å². The van der Waals surface area contributed by atoms with Gasteiger partial charge in [0.25, 0.3) is 0 Å². The third-order valence-corrected chi connectivity index (χ3v) is 1.71. The lowest BCUT2D eigenvalue weighted by atomic mass is 10.2. The molecular weight excluding hydrogens is 203 g/mol. The van der Waals surface area contributed by atoms with E-state index in [1.54, 1.807) is 6.07 Å². The highest BCUT2D eigenvalue weighted by molar-refractivity contribution is 5.67. The van der Waals surface area contributed by atoms with E-state index in [0.29, 0.717) is 5.56 Å². The zero-order valence-electron chi connectivity index (χ0n) is 8.20. The van der Waals surface area contributed by atoms with Gasteiger partial charge < -0.3 is 14.6 Å². The van der Waals surface area contributed by atoms with E-state index in [-0.39, 0.29) is 12.4 Å². The summed E-state index contributed by atoms with van der Waals surface area (Å²) in [4.78, 5) is 10.1. The number of rotatable bonds is 5. The van der Waals surface area contributed by atoms with Crippen LogP contribution >= 0.6 is 0 Å². The Bertz CT molecular complexity index is 351. The topological polar surface area (TPSA) is 55.8 Å². The van der Waals surface area contributed by atoms with E-state index in [1.807, 2.05) is 0 Å². The lowest BCUT2D eigenvalue weighted by Gasteiger charge is -2.05. The van der Waals surface area contributed by atoms with Crippen molar-refractivity contribution < 1.29 is 23.8 Å². The Kier molecular flexibility index (Phi) is 4.05. The highest BCUT2D eigenvalue weighted by Gasteiger charge is 2.04. The Labute approximate surface area is 86.2 Å². The van der Waals surface area contributed by atoms with Gasteiger partial charge in [0.15, 0.2) is 11.6 Å². The quantitative estimate of drug-likeness (QED) is 0.805. The van der Waals surface area contributed by atoms with Gasteiger partial charge in [-0.05, 0) is 17.7 Å². The second-order valence-corrected chi connectivity index (χ2v) is 2.86. The maximum absolute atomic E-state index is 13.1. The Morgan fingerprint density at radius 2 is 2.27 bits per heavy atom. The fourth-order valence-electron chi connectivity index (χ4n) is 1.06. The Balaban J connectivity index is 2.55. The van der Waals surface area contributed by atoms with E-state index in [9.17, 15) is 9.18 Å². The molecule has 0 amide bonds. The lowest BCUT2D eigenvalue weighted by Crippen LogP contribution is -2.06. The van der Waals surface area contributed by atoms with Crippen molar-refractivity contribution in [3.63, 3.8) is 0 Å². The first-order valence-corrected chi connectivity index (χ1v) is 4.25. The first kappa shape index (κ1) is 11.5. The van der Waals surface area contributed by atoms with Gasteiger partial charge >= 0.3 is 5.97 Å². The van der Waals surface area contributed by atoms with E-state index in [2.05, 4.69) is 0 Å². The van der Waals surface area contributed by atoms with Crippen molar-refractivity contribution in [1.29, 1.82) is 0 Å². The average molecular weight is 214 g/mol. The molecule has 0 aliphatic rings. The second-order valence-electron chi connectivity index (χ2n) is 2.86. The van der Waals surface area contributed by atoms with Crippen LogP contribution in [0.4, 0.5) is 4.39 Å². The summed E-state index contributed by atoms with van der Waals surface area (Å²) in [5.41, 5.74) is 0.564. The van der Waals surface area contributed by atoms with Crippen LogP contribution in [-0.4, -0.2) is 24.8 Å². The molecule has 0 aliphatic carbocycles. The molecule has 82 valence electrons. The van der Waals surface area contributed by atoms with Gasteiger partial charge in [0.2, 0.25) is 0 Å². The van der Waals surface area contributed by atoms with Crippen LogP contribution in [-0.2, 0) is 16.1 Å². The number of carboxylic acid groups (broad SMARTS) is 1. The molecule has 0 radical (unpaired) electrons. The number of carbonyl (C=O) groups is 1. The first-order valence-electron chi connectivity index (χ1n) is 4.25. The standard InChI is InChI=1S/C10H11FO4/c1-14-9-3-2-7(4-8(9)11)5-15-6-10(12)13/h2-4H,5-6H2,1H3,(H,12,13). The van der Waals surface area contributed by atoms with Gasteiger partial charge in [-0.3, -0.25) is 0 Å². The molecule has 0 unspecified atom stereocenters. The van der Waals surface area contributed by atoms with Gasteiger partial charge in [0.1, 0.15) is 6.61 Å². The van der Waals surface area contributed by atoms with Crippen LogP contribution in [0.5, 0.6) is 5.75 Å². The number of hydrogen-bond donors (Lipinski definition) is 1. The molecule has 0 aromatic heterocycles. The van der Waals surface area contributed by atoms with Crippen molar-refractivity contribution in [1.82, 2.24) is 0 Å². The molecule has 1 aromatic rings. The third-order valence-electron chi connectivity index (χ3n) is 1.71. The summed E-state index contributed by atoms with van der Waals surface area (Å²) in [5.74, 6) is -1.39. The van der Waals surface area contributed by atoms with E-state index in [4.69, 9.17) is 14.6 Å². The summed E-state index contributed by atoms with van der Waals surface area (Å²) in [7, 11) is 1.37. The molecule has 15 heavy (non-hydrogen) atoms. The van der Waals surface area contributed by atoms with Gasteiger partial charge in [0, 0.05) is 0 Å². The molecule has 1 aromatic carbocycles. The predicted octanol–water partition coefficient (Wildman–Crippen LogP) is 1.44. The highest BCUT2D eigenvalue weighted by atomic mass is 19.1. The molecule has 4 nitrogen and oxygen atoms in total. The molecule has 0 atom stereocenters. The fourth-order valence-corrected chi connectivity index (χ4v) is 1.06. The Morgan fingerprint density at radius 1 is 1.53 bits per heavy atom. The summed E-state index contributed by atoms with van der Waals surface area (Å²) in [5, 5.41) is 8.31. The van der Waals surface area contributed by atoms with Crippen molar-refractivity contribution in [2.45, 2.75) is 6.61 Å². The first-order chi connectivity index (χ1) is 7.13. The molecule has 0 heterocycles. The zero-order valence-corrected chi connectivity index (χ0v) is 8.20. The Morgan fingerprint density at radius 3 is 2.80 bits per heavy atom. The van der Waals surface area contributed by atoms with E-state index >= 15 is 0 Å². The highest BCUT2D eigenvalue weighted by Crippen LogP contribution is 2.17. The molecule has 0 aliphatic heterocycles. The monoisotopic (exact) mass is 214 g/mol. The SMILES string of the molecule is COc1ccc(COCC(=O)O)cc1F. The Hall–Kier alpha value is -1.62. The predicted molar refractivity (Wildman–Crippen MR) is 50.2 cm³/mol. The number of hydrogen-bond acceptors (Lipinski definition) is 3. The van der Waals surface area contributed by atoms with Gasteiger partial charge in [-0.1, -0.05) is 6.07 Å². The molecule has 1 N–H and O–H groups in total. The van der Waals surface area contributed by atoms with Crippen LogP contribution in [0.2, 0.25) is 0 Å². The third kappa shape index (κ3) is 3.55. The normalized spacial score (nSPS) is 10.0. The maximum Gasteiger partial charge on any atom is 0.329 e. The minimum Gasteiger partial charge on any atom is -0.494 e. The van der Waals surface area contributed by atoms with Crippen molar-refractivity contribution in [3.05, 3.63) is 29.6 Å². The van der Waals surface area contributed by atoms with Crippen molar-refractivity contribution in [2.75, 3.05) is 13.7 Å². The summed E-state index contributed by atoms with van der Waals surface area (Å²) in [6.45, 7) is -0.332. The van der Waals surface area contributed by atoms with Gasteiger partial charge in [-0.2, -0.15) is 0 Å². The van der Waals surface area contributed by atoms with Gasteiger partial charge in [0.05, 0.1) is 13.7 Å². The van der Waals surface area contributed by atoms with Crippen molar-refractivity contribution >= 4 is 5.97 Å². The summed E-state index contributed by atoms with van der Waals surface area (Å²) < 4.78 is 22.7. The molecule has 0 saturated heterocycles. The summed E-state index contributed by atoms with van der Waals surface area (Å²) >= 11 is 0. The second kappa shape index (κ2) is 5.31. The lowest BCUT2D eigenvalue weighted by molar-refractivity contribution is -0.142. The minimum atomic E-state index is -1.05. The van der Waals surface area contributed by atoms with E-state index in [0.717, 1.165) is 0 Å². The minimum absolute atomic E-state index is 0.0627. The number of benzene rings is 1. The largest absolute Gasteiger partial charge is 0.494 e. The zero-order chi connectivity index (χ0) is 11.3. The molecule has 1 rings (SSSR count). The van der Waals surface area contributed by atoms with Crippen LogP contribution in [0.15, 0.2) is 18.2 Å². The van der Waals surface area contributed by atoms with Crippen molar-refractivity contribution in [2.24, 2.45) is 0 Å². The molecule has 0 bridgehead atoms. The summed E-state index contributed by atoms with van der Waals surface area (Å²) in [6, 6.07) is 4.33.